The van der Waals surface area contributed by atoms with E-state index in [9.17, 15) is 0 Å². The molecule has 2 nitrogen and oxygen atoms in total. The van der Waals surface area contributed by atoms with Gasteiger partial charge in [0.2, 0.25) is 0 Å². The molecule has 1 fully saturated rings. The summed E-state index contributed by atoms with van der Waals surface area (Å²) in [7, 11) is 0. The highest BCUT2D eigenvalue weighted by atomic mass is 16.3. The van der Waals surface area contributed by atoms with Crippen LogP contribution in [-0.4, -0.2) is 24.5 Å². The van der Waals surface area contributed by atoms with Crippen molar-refractivity contribution in [3.8, 4) is 0 Å². The first-order valence-electron chi connectivity index (χ1n) is 8.61. The molecule has 0 amide bonds. The summed E-state index contributed by atoms with van der Waals surface area (Å²) < 4.78 is 5.23. The summed E-state index contributed by atoms with van der Waals surface area (Å²) in [5, 5.41) is 2.76. The molecule has 1 saturated heterocycles. The Morgan fingerprint density at radius 2 is 1.78 bits per heavy atom. The zero-order valence-electron chi connectivity index (χ0n) is 13.4. The molecule has 0 N–H and O–H groups in total. The van der Waals surface area contributed by atoms with Crippen LogP contribution in [0.5, 0.6) is 0 Å². The quantitative estimate of drug-likeness (QED) is 0.685. The van der Waals surface area contributed by atoms with E-state index >= 15 is 0 Å². The van der Waals surface area contributed by atoms with Crippen molar-refractivity contribution >= 4 is 10.8 Å². The van der Waals surface area contributed by atoms with Crippen molar-refractivity contribution in [2.75, 3.05) is 19.6 Å². The third-order valence-corrected chi connectivity index (χ3v) is 5.18. The Balaban J connectivity index is 1.36. The summed E-state index contributed by atoms with van der Waals surface area (Å²) in [5.74, 6) is 0.683. The second-order valence-corrected chi connectivity index (χ2v) is 6.56. The normalized spacial score (nSPS) is 16.9. The van der Waals surface area contributed by atoms with E-state index in [0.29, 0.717) is 5.92 Å². The zero-order valence-corrected chi connectivity index (χ0v) is 13.4. The maximum absolute atomic E-state index is 5.23. The van der Waals surface area contributed by atoms with Crippen LogP contribution in [0, 0.1) is 0 Å². The van der Waals surface area contributed by atoms with Gasteiger partial charge in [-0.2, -0.15) is 0 Å². The molecule has 1 aliphatic rings. The minimum atomic E-state index is 0.683. The lowest BCUT2D eigenvalue weighted by atomic mass is 9.91. The molecule has 23 heavy (non-hydrogen) atoms. The number of likely N-dealkylation sites (tertiary alicyclic amines) is 1. The predicted octanol–water partition coefficient (Wildman–Crippen LogP) is 4.85. The highest BCUT2D eigenvalue weighted by Gasteiger charge is 2.21. The highest BCUT2D eigenvalue weighted by molar-refractivity contribution is 5.85. The standard InChI is InChI=1S/C21H23NO/c1-2-7-21-18(4-1)5-3-6-19(21)10-14-22-12-8-17(9-13-22)20-11-15-23-16-20/h1-7,11,15-17H,8-10,12-14H2. The molecular formula is C21H23NO. The van der Waals surface area contributed by atoms with Gasteiger partial charge in [0.05, 0.1) is 12.5 Å². The molecule has 2 heterocycles. The van der Waals surface area contributed by atoms with Crippen molar-refractivity contribution in [2.24, 2.45) is 0 Å². The van der Waals surface area contributed by atoms with Crippen LogP contribution < -0.4 is 0 Å². The van der Waals surface area contributed by atoms with E-state index in [1.165, 1.54) is 47.8 Å². The molecular weight excluding hydrogens is 282 g/mol. The first kappa shape index (κ1) is 14.5. The van der Waals surface area contributed by atoms with Crippen molar-refractivity contribution in [3.63, 3.8) is 0 Å². The van der Waals surface area contributed by atoms with Gasteiger partial charge in [0.25, 0.3) is 0 Å². The second-order valence-electron chi connectivity index (χ2n) is 6.56. The van der Waals surface area contributed by atoms with Crippen LogP contribution in [0.4, 0.5) is 0 Å². The van der Waals surface area contributed by atoms with Crippen molar-refractivity contribution in [3.05, 3.63) is 72.2 Å². The third kappa shape index (κ3) is 3.18. The van der Waals surface area contributed by atoms with Crippen LogP contribution in [-0.2, 0) is 6.42 Å². The van der Waals surface area contributed by atoms with E-state index in [-0.39, 0.29) is 0 Å². The van der Waals surface area contributed by atoms with Crippen LogP contribution in [0.1, 0.15) is 29.9 Å². The molecule has 0 atom stereocenters. The fraction of sp³-hybridized carbons (Fsp3) is 0.333. The number of piperidine rings is 1. The van der Waals surface area contributed by atoms with Crippen LogP contribution >= 0.6 is 0 Å². The second kappa shape index (κ2) is 6.59. The van der Waals surface area contributed by atoms with Gasteiger partial charge in [0.1, 0.15) is 0 Å². The Labute approximate surface area is 137 Å². The zero-order chi connectivity index (χ0) is 15.5. The SMILES string of the molecule is c1ccc2c(CCN3CCC(c4ccoc4)CC3)cccc2c1. The van der Waals surface area contributed by atoms with Crippen molar-refractivity contribution in [2.45, 2.75) is 25.2 Å². The van der Waals surface area contributed by atoms with Gasteiger partial charge in [-0.05, 0) is 66.2 Å². The topological polar surface area (TPSA) is 16.4 Å². The molecule has 0 spiro atoms. The Morgan fingerprint density at radius 1 is 0.957 bits per heavy atom. The minimum absolute atomic E-state index is 0.683. The van der Waals surface area contributed by atoms with Crippen molar-refractivity contribution < 1.29 is 4.42 Å². The van der Waals surface area contributed by atoms with E-state index in [4.69, 9.17) is 4.42 Å². The lowest BCUT2D eigenvalue weighted by molar-refractivity contribution is 0.214. The minimum Gasteiger partial charge on any atom is -0.472 e. The first-order chi connectivity index (χ1) is 11.4. The van der Waals surface area contributed by atoms with Gasteiger partial charge >= 0.3 is 0 Å². The molecule has 1 aliphatic heterocycles. The largest absolute Gasteiger partial charge is 0.472 e. The van der Waals surface area contributed by atoms with E-state index in [0.717, 1.165) is 13.0 Å². The fourth-order valence-electron chi connectivity index (χ4n) is 3.79. The monoisotopic (exact) mass is 305 g/mol. The van der Waals surface area contributed by atoms with Crippen LogP contribution in [0.2, 0.25) is 0 Å². The number of hydrogen-bond acceptors (Lipinski definition) is 2. The van der Waals surface area contributed by atoms with E-state index < -0.39 is 0 Å². The van der Waals surface area contributed by atoms with Gasteiger partial charge < -0.3 is 9.32 Å². The number of benzene rings is 2. The number of nitrogens with zero attached hydrogens (tertiary/aromatic N) is 1. The molecule has 0 radical (unpaired) electrons. The smallest absolute Gasteiger partial charge is 0.0937 e. The third-order valence-electron chi connectivity index (χ3n) is 5.18. The van der Waals surface area contributed by atoms with Crippen LogP contribution in [0.15, 0.2) is 65.5 Å². The Hall–Kier alpha value is -2.06. The summed E-state index contributed by atoms with van der Waals surface area (Å²) in [4.78, 5) is 2.61. The number of fused-ring (bicyclic) bond motifs is 1. The molecule has 2 aromatic carbocycles. The molecule has 3 aromatic rings. The summed E-state index contributed by atoms with van der Waals surface area (Å²) in [6, 6.07) is 17.5. The highest BCUT2D eigenvalue weighted by Crippen LogP contribution is 2.28. The van der Waals surface area contributed by atoms with Crippen molar-refractivity contribution in [1.29, 1.82) is 0 Å². The van der Waals surface area contributed by atoms with E-state index in [2.05, 4.69) is 53.4 Å². The van der Waals surface area contributed by atoms with Gasteiger partial charge in [-0.15, -0.1) is 0 Å². The maximum Gasteiger partial charge on any atom is 0.0937 e. The Morgan fingerprint density at radius 3 is 2.61 bits per heavy atom. The lowest BCUT2D eigenvalue weighted by Crippen LogP contribution is -2.34. The lowest BCUT2D eigenvalue weighted by Gasteiger charge is -2.31. The van der Waals surface area contributed by atoms with Gasteiger partial charge in [0.15, 0.2) is 0 Å². The predicted molar refractivity (Wildman–Crippen MR) is 94.8 cm³/mol. The Kier molecular flexibility index (Phi) is 4.16. The van der Waals surface area contributed by atoms with Crippen LogP contribution in [0.25, 0.3) is 10.8 Å². The Bertz CT molecular complexity index is 749. The van der Waals surface area contributed by atoms with E-state index in [1.54, 1.807) is 6.26 Å². The first-order valence-corrected chi connectivity index (χ1v) is 8.61. The summed E-state index contributed by atoms with van der Waals surface area (Å²) >= 11 is 0. The van der Waals surface area contributed by atoms with Gasteiger partial charge in [0, 0.05) is 6.54 Å². The summed E-state index contributed by atoms with van der Waals surface area (Å²) in [5.41, 5.74) is 2.85. The van der Waals surface area contributed by atoms with Crippen molar-refractivity contribution in [1.82, 2.24) is 4.90 Å². The van der Waals surface area contributed by atoms with Gasteiger partial charge in [-0.3, -0.25) is 0 Å². The molecule has 2 heteroatoms. The maximum atomic E-state index is 5.23. The number of hydrogen-bond donors (Lipinski definition) is 0. The summed E-state index contributed by atoms with van der Waals surface area (Å²) in [6.07, 6.45) is 7.33. The fourth-order valence-corrected chi connectivity index (χ4v) is 3.79. The van der Waals surface area contributed by atoms with E-state index in [1.807, 2.05) is 6.26 Å². The molecule has 0 aliphatic carbocycles. The molecule has 0 unspecified atom stereocenters. The molecule has 118 valence electrons. The van der Waals surface area contributed by atoms with Gasteiger partial charge in [-0.25, -0.2) is 0 Å². The number of rotatable bonds is 4. The summed E-state index contributed by atoms with van der Waals surface area (Å²) in [6.45, 7) is 3.55. The van der Waals surface area contributed by atoms with Crippen LogP contribution in [0.3, 0.4) is 0 Å². The molecule has 0 saturated carbocycles. The molecule has 4 rings (SSSR count). The average molecular weight is 305 g/mol. The average Bonchev–Trinajstić information content (AvgIpc) is 3.15. The van der Waals surface area contributed by atoms with Gasteiger partial charge in [-0.1, -0.05) is 42.5 Å². The molecule has 0 bridgehead atoms. The molecule has 1 aromatic heterocycles. The number of furan rings is 1.